The highest BCUT2D eigenvalue weighted by molar-refractivity contribution is 7.91. The number of sulfone groups is 1. The molecule has 32 heavy (non-hydrogen) atoms. The first-order valence-corrected chi connectivity index (χ1v) is 12.0. The predicted molar refractivity (Wildman–Crippen MR) is 113 cm³/mol. The average molecular weight is 471 g/mol. The van der Waals surface area contributed by atoms with Gasteiger partial charge in [0.25, 0.3) is 11.6 Å². The Labute approximate surface area is 185 Å². The SMILES string of the molecule is CCOC(=O)c1cc(C(=O)OCC(=O)N(C(C)CC)C2CCS(=O)(=O)C2)cc([N+](=O)[O-])c1. The van der Waals surface area contributed by atoms with E-state index in [0.717, 1.165) is 18.2 Å². The van der Waals surface area contributed by atoms with Gasteiger partial charge in [0.1, 0.15) is 0 Å². The number of esters is 2. The third-order valence-corrected chi connectivity index (χ3v) is 6.91. The maximum absolute atomic E-state index is 12.8. The fraction of sp³-hybridized carbons (Fsp3) is 0.550. The van der Waals surface area contributed by atoms with Gasteiger partial charge in [0, 0.05) is 24.2 Å². The number of nitro groups is 1. The van der Waals surface area contributed by atoms with E-state index in [9.17, 15) is 32.9 Å². The molecule has 1 fully saturated rings. The number of nitro benzene ring substituents is 1. The molecule has 2 atom stereocenters. The van der Waals surface area contributed by atoms with Crippen LogP contribution in [0.15, 0.2) is 18.2 Å². The second-order valence-electron chi connectivity index (χ2n) is 7.44. The Balaban J connectivity index is 2.18. The molecule has 1 aromatic carbocycles. The van der Waals surface area contributed by atoms with Crippen molar-refractivity contribution < 1.29 is 37.2 Å². The number of carbonyl (C=O) groups is 3. The van der Waals surface area contributed by atoms with Crippen molar-refractivity contribution in [2.75, 3.05) is 24.7 Å². The highest BCUT2D eigenvalue weighted by atomic mass is 32.2. The highest BCUT2D eigenvalue weighted by Gasteiger charge is 2.36. The summed E-state index contributed by atoms with van der Waals surface area (Å²) in [5.41, 5.74) is -0.989. The van der Waals surface area contributed by atoms with Crippen molar-refractivity contribution in [1.82, 2.24) is 4.90 Å². The molecule has 1 heterocycles. The van der Waals surface area contributed by atoms with Crippen LogP contribution in [0, 0.1) is 10.1 Å². The number of hydrogen-bond donors (Lipinski definition) is 0. The predicted octanol–water partition coefficient (Wildman–Crippen LogP) is 1.74. The Morgan fingerprint density at radius 3 is 2.22 bits per heavy atom. The lowest BCUT2D eigenvalue weighted by molar-refractivity contribution is -0.384. The standard InChI is InChI=1S/C20H26N2O9S/c1-4-13(3)21(16-6-7-32(28,29)12-16)18(23)11-31-20(25)15-8-14(19(24)30-5-2)9-17(10-15)22(26)27/h8-10,13,16H,4-7,11-12H2,1-3H3. The molecule has 0 N–H and O–H groups in total. The van der Waals surface area contributed by atoms with Gasteiger partial charge in [-0.1, -0.05) is 6.92 Å². The summed E-state index contributed by atoms with van der Waals surface area (Å²) in [7, 11) is -3.23. The van der Waals surface area contributed by atoms with Gasteiger partial charge in [-0.05, 0) is 32.8 Å². The zero-order chi connectivity index (χ0) is 24.1. The number of carbonyl (C=O) groups excluding carboxylic acids is 3. The zero-order valence-electron chi connectivity index (χ0n) is 18.1. The maximum Gasteiger partial charge on any atom is 0.338 e. The zero-order valence-corrected chi connectivity index (χ0v) is 18.9. The summed E-state index contributed by atoms with van der Waals surface area (Å²) in [6.07, 6.45) is 0.879. The normalized spacial score (nSPS) is 17.9. The first-order chi connectivity index (χ1) is 15.0. The third-order valence-electron chi connectivity index (χ3n) is 5.16. The van der Waals surface area contributed by atoms with E-state index < -0.39 is 50.9 Å². The Morgan fingerprint density at radius 2 is 1.75 bits per heavy atom. The molecular formula is C20H26N2O9S. The molecular weight excluding hydrogens is 444 g/mol. The van der Waals surface area contributed by atoms with Crippen LogP contribution in [0.5, 0.6) is 0 Å². The molecule has 2 unspecified atom stereocenters. The lowest BCUT2D eigenvalue weighted by Crippen LogP contribution is -2.48. The Kier molecular flexibility index (Phi) is 8.31. The molecule has 0 saturated carbocycles. The van der Waals surface area contributed by atoms with Gasteiger partial charge in [0.15, 0.2) is 16.4 Å². The van der Waals surface area contributed by atoms with Gasteiger partial charge in [-0.15, -0.1) is 0 Å². The molecule has 11 nitrogen and oxygen atoms in total. The molecule has 0 aliphatic carbocycles. The van der Waals surface area contributed by atoms with Crippen LogP contribution < -0.4 is 0 Å². The summed E-state index contributed by atoms with van der Waals surface area (Å²) in [5.74, 6) is -2.60. The van der Waals surface area contributed by atoms with Crippen LogP contribution in [0.4, 0.5) is 5.69 Å². The number of hydrogen-bond acceptors (Lipinski definition) is 9. The van der Waals surface area contributed by atoms with Gasteiger partial charge < -0.3 is 14.4 Å². The van der Waals surface area contributed by atoms with Gasteiger partial charge >= 0.3 is 11.9 Å². The Bertz CT molecular complexity index is 1010. The summed E-state index contributed by atoms with van der Waals surface area (Å²) >= 11 is 0. The molecule has 1 amide bonds. The molecule has 1 aromatic rings. The lowest BCUT2D eigenvalue weighted by atomic mass is 10.1. The summed E-state index contributed by atoms with van der Waals surface area (Å²) in [5, 5.41) is 11.2. The van der Waals surface area contributed by atoms with Crippen molar-refractivity contribution in [2.45, 2.75) is 45.7 Å². The molecule has 1 saturated heterocycles. The first-order valence-electron chi connectivity index (χ1n) is 10.1. The van der Waals surface area contributed by atoms with E-state index in [-0.39, 0.29) is 35.3 Å². The van der Waals surface area contributed by atoms with Gasteiger partial charge in [-0.2, -0.15) is 0 Å². The van der Waals surface area contributed by atoms with Crippen LogP contribution in [0.25, 0.3) is 0 Å². The van der Waals surface area contributed by atoms with E-state index in [2.05, 4.69) is 0 Å². The van der Waals surface area contributed by atoms with Crippen LogP contribution in [0.2, 0.25) is 0 Å². The number of rotatable bonds is 9. The Hall–Kier alpha value is -3.02. The topological polar surface area (TPSA) is 150 Å². The van der Waals surface area contributed by atoms with Gasteiger partial charge in [0.2, 0.25) is 0 Å². The second-order valence-corrected chi connectivity index (χ2v) is 9.67. The number of ether oxygens (including phenoxy) is 2. The molecule has 0 radical (unpaired) electrons. The van der Waals surface area contributed by atoms with Gasteiger partial charge in [-0.3, -0.25) is 14.9 Å². The molecule has 2 rings (SSSR count). The van der Waals surface area contributed by atoms with Crippen molar-refractivity contribution in [3.63, 3.8) is 0 Å². The van der Waals surface area contributed by atoms with Crippen LogP contribution in [0.1, 0.15) is 54.3 Å². The van der Waals surface area contributed by atoms with E-state index in [1.54, 1.807) is 13.8 Å². The number of benzene rings is 1. The fourth-order valence-corrected chi connectivity index (χ4v) is 5.16. The van der Waals surface area contributed by atoms with Crippen molar-refractivity contribution in [3.8, 4) is 0 Å². The fourth-order valence-electron chi connectivity index (χ4n) is 3.45. The minimum absolute atomic E-state index is 0.0119. The highest BCUT2D eigenvalue weighted by Crippen LogP contribution is 2.22. The molecule has 1 aliphatic rings. The van der Waals surface area contributed by atoms with E-state index in [1.807, 2.05) is 6.92 Å². The molecule has 176 valence electrons. The molecule has 1 aliphatic heterocycles. The summed E-state index contributed by atoms with van der Waals surface area (Å²) in [6, 6.07) is 2.23. The van der Waals surface area contributed by atoms with Crippen molar-refractivity contribution in [2.24, 2.45) is 0 Å². The number of non-ortho nitro benzene ring substituents is 1. The summed E-state index contributed by atoms with van der Waals surface area (Å²) in [6.45, 7) is 4.56. The molecule has 0 bridgehead atoms. The van der Waals surface area contributed by atoms with Crippen LogP contribution >= 0.6 is 0 Å². The molecule has 12 heteroatoms. The smallest absolute Gasteiger partial charge is 0.338 e. The van der Waals surface area contributed by atoms with Crippen molar-refractivity contribution in [1.29, 1.82) is 0 Å². The maximum atomic E-state index is 12.8. The molecule has 0 spiro atoms. The van der Waals surface area contributed by atoms with Crippen LogP contribution in [-0.2, 0) is 24.1 Å². The van der Waals surface area contributed by atoms with Gasteiger partial charge in [-0.25, -0.2) is 18.0 Å². The minimum atomic E-state index is -3.23. The second kappa shape index (κ2) is 10.5. The van der Waals surface area contributed by atoms with E-state index in [4.69, 9.17) is 9.47 Å². The van der Waals surface area contributed by atoms with E-state index in [1.165, 1.54) is 4.90 Å². The minimum Gasteiger partial charge on any atom is -0.462 e. The molecule has 0 aromatic heterocycles. The summed E-state index contributed by atoms with van der Waals surface area (Å²) < 4.78 is 33.5. The quantitative estimate of drug-likeness (QED) is 0.299. The largest absolute Gasteiger partial charge is 0.462 e. The summed E-state index contributed by atoms with van der Waals surface area (Å²) in [4.78, 5) is 49.0. The monoisotopic (exact) mass is 470 g/mol. The van der Waals surface area contributed by atoms with Gasteiger partial charge in [0.05, 0.1) is 34.2 Å². The van der Waals surface area contributed by atoms with Crippen LogP contribution in [0.3, 0.4) is 0 Å². The first kappa shape index (κ1) is 25.2. The van der Waals surface area contributed by atoms with Crippen LogP contribution in [-0.4, -0.2) is 72.9 Å². The Morgan fingerprint density at radius 1 is 1.16 bits per heavy atom. The number of nitrogens with zero attached hydrogens (tertiary/aromatic N) is 2. The van der Waals surface area contributed by atoms with Crippen molar-refractivity contribution >= 4 is 33.4 Å². The van der Waals surface area contributed by atoms with Crippen molar-refractivity contribution in [3.05, 3.63) is 39.4 Å². The van der Waals surface area contributed by atoms with E-state index >= 15 is 0 Å². The number of amides is 1. The third kappa shape index (κ3) is 6.25. The lowest BCUT2D eigenvalue weighted by Gasteiger charge is -2.33. The van der Waals surface area contributed by atoms with E-state index in [0.29, 0.717) is 12.8 Å². The average Bonchev–Trinajstić information content (AvgIpc) is 3.10.